The van der Waals surface area contributed by atoms with Gasteiger partial charge in [0.15, 0.2) is 0 Å². The van der Waals surface area contributed by atoms with Gasteiger partial charge >= 0.3 is 0 Å². The zero-order valence-electron chi connectivity index (χ0n) is 7.06. The third-order valence-electron chi connectivity index (χ3n) is 1.61. The Kier molecular flexibility index (Phi) is 4.21. The van der Waals surface area contributed by atoms with Crippen LogP contribution < -0.4 is 0 Å². The monoisotopic (exact) mass is 187 g/mol. The molecule has 1 heterocycles. The summed E-state index contributed by atoms with van der Waals surface area (Å²) in [4.78, 5) is 4.83. The van der Waals surface area contributed by atoms with E-state index in [1.54, 1.807) is 18.8 Å². The standard InChI is InChI=1S/C8H13NO2S/c1-11-4-2-3-7(10)8-5-9-6-12-8/h5-7,10H,2-4H2,1H3. The summed E-state index contributed by atoms with van der Waals surface area (Å²) in [5.41, 5.74) is 1.73. The van der Waals surface area contributed by atoms with E-state index in [0.717, 1.165) is 17.7 Å². The van der Waals surface area contributed by atoms with Gasteiger partial charge in [0.2, 0.25) is 0 Å². The number of nitrogens with zero attached hydrogens (tertiary/aromatic N) is 1. The minimum atomic E-state index is -0.368. The molecule has 1 aromatic heterocycles. The molecule has 0 fully saturated rings. The molecule has 1 rings (SSSR count). The number of aliphatic hydroxyl groups is 1. The number of hydrogen-bond acceptors (Lipinski definition) is 4. The molecule has 68 valence electrons. The first-order valence-corrected chi connectivity index (χ1v) is 4.78. The minimum absolute atomic E-state index is 0.368. The van der Waals surface area contributed by atoms with Crippen molar-refractivity contribution in [2.45, 2.75) is 18.9 Å². The lowest BCUT2D eigenvalue weighted by Gasteiger charge is -2.06. The molecule has 1 unspecified atom stereocenters. The Balaban J connectivity index is 2.25. The van der Waals surface area contributed by atoms with Gasteiger partial charge in [0, 0.05) is 19.9 Å². The molecule has 3 nitrogen and oxygen atoms in total. The molecule has 1 atom stereocenters. The van der Waals surface area contributed by atoms with Crippen molar-refractivity contribution in [3.05, 3.63) is 16.6 Å². The molecule has 0 amide bonds. The predicted molar refractivity (Wildman–Crippen MR) is 48.2 cm³/mol. The summed E-state index contributed by atoms with van der Waals surface area (Å²) >= 11 is 1.49. The molecule has 0 aliphatic carbocycles. The third-order valence-corrected chi connectivity index (χ3v) is 2.48. The van der Waals surface area contributed by atoms with E-state index in [2.05, 4.69) is 4.98 Å². The molecule has 0 spiro atoms. The fraction of sp³-hybridized carbons (Fsp3) is 0.625. The van der Waals surface area contributed by atoms with Crippen LogP contribution in [0.5, 0.6) is 0 Å². The number of thiazole rings is 1. The molecule has 0 aliphatic rings. The van der Waals surface area contributed by atoms with Crippen molar-refractivity contribution < 1.29 is 9.84 Å². The average Bonchev–Trinajstić information content (AvgIpc) is 2.56. The fourth-order valence-electron chi connectivity index (χ4n) is 0.953. The number of hydrogen-bond donors (Lipinski definition) is 1. The van der Waals surface area contributed by atoms with Crippen LogP contribution >= 0.6 is 11.3 Å². The fourth-order valence-corrected chi connectivity index (χ4v) is 1.59. The number of aromatic nitrogens is 1. The summed E-state index contributed by atoms with van der Waals surface area (Å²) in [5.74, 6) is 0. The van der Waals surface area contributed by atoms with Crippen molar-refractivity contribution in [3.63, 3.8) is 0 Å². The van der Waals surface area contributed by atoms with Gasteiger partial charge in [-0.15, -0.1) is 11.3 Å². The van der Waals surface area contributed by atoms with E-state index in [-0.39, 0.29) is 6.10 Å². The second-order valence-electron chi connectivity index (χ2n) is 2.55. The third kappa shape index (κ3) is 2.89. The van der Waals surface area contributed by atoms with E-state index in [1.807, 2.05) is 0 Å². The average molecular weight is 187 g/mol. The van der Waals surface area contributed by atoms with Crippen LogP contribution in [0.4, 0.5) is 0 Å². The van der Waals surface area contributed by atoms with Crippen LogP contribution in [0.2, 0.25) is 0 Å². The molecule has 0 aliphatic heterocycles. The molecular formula is C8H13NO2S. The summed E-state index contributed by atoms with van der Waals surface area (Å²) in [7, 11) is 1.67. The van der Waals surface area contributed by atoms with E-state index in [4.69, 9.17) is 4.74 Å². The summed E-state index contributed by atoms with van der Waals surface area (Å²) in [6, 6.07) is 0. The number of methoxy groups -OCH3 is 1. The smallest absolute Gasteiger partial charge is 0.0898 e. The van der Waals surface area contributed by atoms with Crippen LogP contribution in [0.1, 0.15) is 23.8 Å². The normalized spacial score (nSPS) is 13.2. The van der Waals surface area contributed by atoms with Crippen LogP contribution in [-0.2, 0) is 4.74 Å². The highest BCUT2D eigenvalue weighted by Gasteiger charge is 2.07. The minimum Gasteiger partial charge on any atom is -0.388 e. The van der Waals surface area contributed by atoms with E-state index in [0.29, 0.717) is 6.61 Å². The molecule has 1 aromatic rings. The van der Waals surface area contributed by atoms with Gasteiger partial charge in [-0.05, 0) is 12.8 Å². The maximum Gasteiger partial charge on any atom is 0.0898 e. The zero-order chi connectivity index (χ0) is 8.81. The Morgan fingerprint density at radius 3 is 3.17 bits per heavy atom. The lowest BCUT2D eigenvalue weighted by atomic mass is 10.2. The first-order chi connectivity index (χ1) is 5.84. The van der Waals surface area contributed by atoms with Crippen molar-refractivity contribution in [2.24, 2.45) is 0 Å². The molecule has 12 heavy (non-hydrogen) atoms. The zero-order valence-corrected chi connectivity index (χ0v) is 7.88. The Bertz CT molecular complexity index is 201. The first-order valence-electron chi connectivity index (χ1n) is 3.90. The summed E-state index contributed by atoms with van der Waals surface area (Å²) < 4.78 is 4.89. The van der Waals surface area contributed by atoms with Gasteiger partial charge in [0.05, 0.1) is 16.5 Å². The summed E-state index contributed by atoms with van der Waals surface area (Å²) in [6.07, 6.45) is 2.97. The van der Waals surface area contributed by atoms with Gasteiger partial charge in [0.1, 0.15) is 0 Å². The van der Waals surface area contributed by atoms with Crippen molar-refractivity contribution in [1.29, 1.82) is 0 Å². The van der Waals surface area contributed by atoms with Crippen molar-refractivity contribution in [1.82, 2.24) is 4.98 Å². The van der Waals surface area contributed by atoms with Gasteiger partial charge in [-0.1, -0.05) is 0 Å². The summed E-state index contributed by atoms with van der Waals surface area (Å²) in [5, 5.41) is 9.55. The molecule has 0 saturated heterocycles. The van der Waals surface area contributed by atoms with E-state index in [1.165, 1.54) is 11.3 Å². The summed E-state index contributed by atoms with van der Waals surface area (Å²) in [6.45, 7) is 0.704. The molecule has 1 N–H and O–H groups in total. The lowest BCUT2D eigenvalue weighted by Crippen LogP contribution is -1.97. The van der Waals surface area contributed by atoms with E-state index >= 15 is 0 Å². The largest absolute Gasteiger partial charge is 0.388 e. The van der Waals surface area contributed by atoms with Gasteiger partial charge in [-0.3, -0.25) is 4.98 Å². The topological polar surface area (TPSA) is 42.4 Å². The Morgan fingerprint density at radius 2 is 2.58 bits per heavy atom. The van der Waals surface area contributed by atoms with E-state index < -0.39 is 0 Å². The number of rotatable bonds is 5. The highest BCUT2D eigenvalue weighted by molar-refractivity contribution is 7.09. The highest BCUT2D eigenvalue weighted by Crippen LogP contribution is 2.21. The lowest BCUT2D eigenvalue weighted by molar-refractivity contribution is 0.138. The molecule has 0 bridgehead atoms. The molecule has 0 aromatic carbocycles. The maximum absolute atomic E-state index is 9.55. The number of aliphatic hydroxyl groups excluding tert-OH is 1. The Hall–Kier alpha value is -0.450. The maximum atomic E-state index is 9.55. The van der Waals surface area contributed by atoms with E-state index in [9.17, 15) is 5.11 Å². The van der Waals surface area contributed by atoms with Gasteiger partial charge in [0.25, 0.3) is 0 Å². The number of ether oxygens (including phenoxy) is 1. The van der Waals surface area contributed by atoms with Crippen LogP contribution in [0.25, 0.3) is 0 Å². The van der Waals surface area contributed by atoms with Crippen molar-refractivity contribution >= 4 is 11.3 Å². The van der Waals surface area contributed by atoms with Gasteiger partial charge < -0.3 is 9.84 Å². The predicted octanol–water partition coefficient (Wildman–Crippen LogP) is 1.60. The first kappa shape index (κ1) is 9.64. The second-order valence-corrected chi connectivity index (χ2v) is 3.47. The Labute approximate surface area is 76.0 Å². The van der Waals surface area contributed by atoms with Crippen LogP contribution in [-0.4, -0.2) is 23.8 Å². The van der Waals surface area contributed by atoms with Crippen LogP contribution in [0.3, 0.4) is 0 Å². The van der Waals surface area contributed by atoms with Gasteiger partial charge in [-0.2, -0.15) is 0 Å². The molecule has 4 heteroatoms. The second kappa shape index (κ2) is 5.24. The SMILES string of the molecule is COCCCC(O)c1cncs1. The highest BCUT2D eigenvalue weighted by atomic mass is 32.1. The molecular weight excluding hydrogens is 174 g/mol. The van der Waals surface area contributed by atoms with Gasteiger partial charge in [-0.25, -0.2) is 0 Å². The van der Waals surface area contributed by atoms with Crippen LogP contribution in [0, 0.1) is 0 Å². The Morgan fingerprint density at radius 1 is 1.75 bits per heavy atom. The quantitative estimate of drug-likeness (QED) is 0.712. The van der Waals surface area contributed by atoms with Crippen LogP contribution in [0.15, 0.2) is 11.7 Å². The van der Waals surface area contributed by atoms with Crippen molar-refractivity contribution in [3.8, 4) is 0 Å². The molecule has 0 radical (unpaired) electrons. The van der Waals surface area contributed by atoms with Crippen molar-refractivity contribution in [2.75, 3.05) is 13.7 Å². The molecule has 0 saturated carbocycles.